The van der Waals surface area contributed by atoms with Gasteiger partial charge in [0.2, 0.25) is 0 Å². The normalized spacial score (nSPS) is 33.0. The summed E-state index contributed by atoms with van der Waals surface area (Å²) in [5, 5.41) is 3.45. The summed E-state index contributed by atoms with van der Waals surface area (Å²) in [7, 11) is 4.53. The van der Waals surface area contributed by atoms with Crippen LogP contribution in [0.25, 0.3) is 0 Å². The van der Waals surface area contributed by atoms with E-state index in [1.54, 1.807) is 0 Å². The van der Waals surface area contributed by atoms with Crippen LogP contribution in [0.4, 0.5) is 0 Å². The van der Waals surface area contributed by atoms with Crippen LogP contribution in [-0.4, -0.2) is 62.7 Å². The van der Waals surface area contributed by atoms with Gasteiger partial charge >= 0.3 is 0 Å². The Labute approximate surface area is 93.8 Å². The van der Waals surface area contributed by atoms with E-state index in [1.807, 2.05) is 0 Å². The largest absolute Gasteiger partial charge is 0.316 e. The maximum Gasteiger partial charge on any atom is 0.0232 e. The molecule has 0 bridgehead atoms. The van der Waals surface area contributed by atoms with Crippen molar-refractivity contribution in [3.63, 3.8) is 0 Å². The van der Waals surface area contributed by atoms with Crippen LogP contribution in [0.3, 0.4) is 0 Å². The summed E-state index contributed by atoms with van der Waals surface area (Å²) >= 11 is 0. The van der Waals surface area contributed by atoms with Crippen molar-refractivity contribution >= 4 is 0 Å². The van der Waals surface area contributed by atoms with E-state index in [4.69, 9.17) is 0 Å². The molecule has 0 spiro atoms. The molecule has 3 nitrogen and oxygen atoms in total. The number of rotatable bonds is 4. The van der Waals surface area contributed by atoms with Crippen molar-refractivity contribution in [3.05, 3.63) is 0 Å². The van der Waals surface area contributed by atoms with Gasteiger partial charge in [0.1, 0.15) is 0 Å². The van der Waals surface area contributed by atoms with E-state index >= 15 is 0 Å². The molecule has 0 aliphatic carbocycles. The zero-order chi connectivity index (χ0) is 10.7. The molecule has 88 valence electrons. The van der Waals surface area contributed by atoms with E-state index in [0.29, 0.717) is 0 Å². The minimum atomic E-state index is 0.810. The van der Waals surface area contributed by atoms with Gasteiger partial charge in [0.05, 0.1) is 0 Å². The first kappa shape index (κ1) is 11.4. The molecule has 2 atom stereocenters. The fourth-order valence-corrected chi connectivity index (χ4v) is 2.80. The van der Waals surface area contributed by atoms with Crippen LogP contribution >= 0.6 is 0 Å². The first-order valence-corrected chi connectivity index (χ1v) is 6.35. The quantitative estimate of drug-likeness (QED) is 0.735. The van der Waals surface area contributed by atoms with E-state index in [-0.39, 0.29) is 0 Å². The Morgan fingerprint density at radius 3 is 2.87 bits per heavy atom. The summed E-state index contributed by atoms with van der Waals surface area (Å²) in [6, 6.07) is 0.810. The minimum absolute atomic E-state index is 0.810. The van der Waals surface area contributed by atoms with Crippen molar-refractivity contribution in [2.45, 2.75) is 25.3 Å². The van der Waals surface area contributed by atoms with Gasteiger partial charge in [-0.25, -0.2) is 0 Å². The topological polar surface area (TPSA) is 18.5 Å². The monoisotopic (exact) mass is 211 g/mol. The third kappa shape index (κ3) is 3.16. The lowest BCUT2D eigenvalue weighted by Crippen LogP contribution is -2.35. The van der Waals surface area contributed by atoms with Gasteiger partial charge in [-0.15, -0.1) is 0 Å². The van der Waals surface area contributed by atoms with Gasteiger partial charge in [-0.3, -0.25) is 0 Å². The maximum atomic E-state index is 3.45. The van der Waals surface area contributed by atoms with Gasteiger partial charge < -0.3 is 15.1 Å². The first-order valence-electron chi connectivity index (χ1n) is 6.35. The number of nitrogens with zero attached hydrogens (tertiary/aromatic N) is 2. The van der Waals surface area contributed by atoms with Crippen molar-refractivity contribution in [1.82, 2.24) is 15.1 Å². The molecule has 2 aliphatic rings. The van der Waals surface area contributed by atoms with Gasteiger partial charge in [-0.05, 0) is 65.5 Å². The zero-order valence-electron chi connectivity index (χ0n) is 10.2. The fourth-order valence-electron chi connectivity index (χ4n) is 2.80. The average Bonchev–Trinajstić information content (AvgIpc) is 2.84. The van der Waals surface area contributed by atoms with Gasteiger partial charge in [0.15, 0.2) is 0 Å². The molecule has 2 rings (SSSR count). The van der Waals surface area contributed by atoms with E-state index in [9.17, 15) is 0 Å². The smallest absolute Gasteiger partial charge is 0.0232 e. The average molecular weight is 211 g/mol. The third-order valence-corrected chi connectivity index (χ3v) is 4.04. The molecule has 2 heterocycles. The maximum absolute atomic E-state index is 3.45. The summed E-state index contributed by atoms with van der Waals surface area (Å²) in [4.78, 5) is 5.01. The fraction of sp³-hybridized carbons (Fsp3) is 1.00. The highest BCUT2D eigenvalue weighted by Crippen LogP contribution is 2.16. The molecule has 0 radical (unpaired) electrons. The van der Waals surface area contributed by atoms with Crippen LogP contribution in [0.15, 0.2) is 0 Å². The van der Waals surface area contributed by atoms with Gasteiger partial charge in [0.25, 0.3) is 0 Å². The minimum Gasteiger partial charge on any atom is -0.316 e. The first-order chi connectivity index (χ1) is 7.25. The summed E-state index contributed by atoms with van der Waals surface area (Å²) in [5.41, 5.74) is 0. The molecule has 15 heavy (non-hydrogen) atoms. The molecule has 3 heteroatoms. The summed E-state index contributed by atoms with van der Waals surface area (Å²) in [5.74, 6) is 0.937. The molecule has 0 aromatic heterocycles. The lowest BCUT2D eigenvalue weighted by molar-refractivity contribution is 0.227. The number of likely N-dealkylation sites (N-methyl/N-ethyl adjacent to an activating group) is 2. The van der Waals surface area contributed by atoms with E-state index in [0.717, 1.165) is 12.0 Å². The molecule has 2 unspecified atom stereocenters. The van der Waals surface area contributed by atoms with Gasteiger partial charge in [0, 0.05) is 12.6 Å². The van der Waals surface area contributed by atoms with E-state index in [1.165, 1.54) is 52.0 Å². The van der Waals surface area contributed by atoms with Crippen molar-refractivity contribution in [2.75, 3.05) is 46.8 Å². The molecule has 2 aliphatic heterocycles. The molecule has 0 aromatic rings. The second kappa shape index (κ2) is 5.28. The van der Waals surface area contributed by atoms with Crippen LogP contribution in [0.2, 0.25) is 0 Å². The predicted molar refractivity (Wildman–Crippen MR) is 64.1 cm³/mol. The Bertz CT molecular complexity index is 189. The molecule has 0 aromatic carbocycles. The summed E-state index contributed by atoms with van der Waals surface area (Å²) in [6.45, 7) is 6.31. The van der Waals surface area contributed by atoms with E-state index < -0.39 is 0 Å². The van der Waals surface area contributed by atoms with Crippen LogP contribution in [0.5, 0.6) is 0 Å². The standard InChI is InChI=1S/C12H25N3/c1-14-7-5-12(10-14)15(2)8-4-11-3-6-13-9-11/h11-13H,3-10H2,1-2H3. The van der Waals surface area contributed by atoms with Crippen LogP contribution in [-0.2, 0) is 0 Å². The number of hydrogen-bond acceptors (Lipinski definition) is 3. The Balaban J connectivity index is 1.65. The molecule has 2 saturated heterocycles. The van der Waals surface area contributed by atoms with Gasteiger partial charge in [-0.2, -0.15) is 0 Å². The molecule has 0 amide bonds. The number of hydrogen-bond donors (Lipinski definition) is 1. The highest BCUT2D eigenvalue weighted by atomic mass is 15.2. The summed E-state index contributed by atoms with van der Waals surface area (Å²) < 4.78 is 0. The highest BCUT2D eigenvalue weighted by molar-refractivity contribution is 4.81. The van der Waals surface area contributed by atoms with Crippen LogP contribution in [0, 0.1) is 5.92 Å². The second-order valence-electron chi connectivity index (χ2n) is 5.33. The second-order valence-corrected chi connectivity index (χ2v) is 5.33. The third-order valence-electron chi connectivity index (χ3n) is 4.04. The van der Waals surface area contributed by atoms with Crippen LogP contribution in [0.1, 0.15) is 19.3 Å². The molecular weight excluding hydrogens is 186 g/mol. The lowest BCUT2D eigenvalue weighted by atomic mass is 10.0. The van der Waals surface area contributed by atoms with Crippen molar-refractivity contribution < 1.29 is 0 Å². The zero-order valence-corrected chi connectivity index (χ0v) is 10.2. The number of nitrogens with one attached hydrogen (secondary N) is 1. The lowest BCUT2D eigenvalue weighted by Gasteiger charge is -2.25. The molecule has 0 saturated carbocycles. The molecule has 1 N–H and O–H groups in total. The highest BCUT2D eigenvalue weighted by Gasteiger charge is 2.23. The Hall–Kier alpha value is -0.120. The summed E-state index contributed by atoms with van der Waals surface area (Å²) in [6.07, 6.45) is 4.12. The Morgan fingerprint density at radius 2 is 2.27 bits per heavy atom. The Kier molecular flexibility index (Phi) is 4.00. The predicted octanol–water partition coefficient (Wildman–Crippen LogP) is 0.622. The van der Waals surface area contributed by atoms with Crippen molar-refractivity contribution in [3.8, 4) is 0 Å². The van der Waals surface area contributed by atoms with Crippen molar-refractivity contribution in [1.29, 1.82) is 0 Å². The molecule has 2 fully saturated rings. The van der Waals surface area contributed by atoms with Crippen LogP contribution < -0.4 is 5.32 Å². The Morgan fingerprint density at radius 1 is 1.40 bits per heavy atom. The SMILES string of the molecule is CN1CCC(N(C)CCC2CCNC2)C1. The molecular formula is C12H25N3. The number of likely N-dealkylation sites (tertiary alicyclic amines) is 1. The van der Waals surface area contributed by atoms with Crippen molar-refractivity contribution in [2.24, 2.45) is 5.92 Å². The van der Waals surface area contributed by atoms with E-state index in [2.05, 4.69) is 29.2 Å². The van der Waals surface area contributed by atoms with Gasteiger partial charge in [-0.1, -0.05) is 0 Å².